The molecule has 4 rings (SSSR count). The van der Waals surface area contributed by atoms with E-state index >= 15 is 4.39 Å². The van der Waals surface area contributed by atoms with E-state index in [1.54, 1.807) is 0 Å². The Morgan fingerprint density at radius 1 is 1.20 bits per heavy atom. The third-order valence-electron chi connectivity index (χ3n) is 6.39. The molecule has 2 aromatic rings. The van der Waals surface area contributed by atoms with Crippen LogP contribution >= 0.6 is 0 Å². The highest BCUT2D eigenvalue weighted by Crippen LogP contribution is 2.41. The third-order valence-corrected chi connectivity index (χ3v) is 6.39. The van der Waals surface area contributed by atoms with Crippen LogP contribution in [0.1, 0.15) is 61.0 Å². The maximum absolute atomic E-state index is 15.1. The van der Waals surface area contributed by atoms with Crippen LogP contribution in [0.5, 0.6) is 11.6 Å². The molecule has 0 saturated heterocycles. The van der Waals surface area contributed by atoms with Crippen molar-refractivity contribution in [3.05, 3.63) is 53.5 Å². The van der Waals surface area contributed by atoms with Crippen molar-refractivity contribution < 1.29 is 36.6 Å². The maximum atomic E-state index is 15.1. The predicted octanol–water partition coefficient (Wildman–Crippen LogP) is 6.35. The van der Waals surface area contributed by atoms with Crippen molar-refractivity contribution in [3.63, 3.8) is 0 Å². The van der Waals surface area contributed by atoms with Crippen LogP contribution in [0.2, 0.25) is 0 Å². The smallest absolute Gasteiger partial charge is 0.421 e. The monoisotopic (exact) mass is 492 g/mol. The molecule has 1 fully saturated rings. The molecule has 1 aromatic heterocycles. The number of anilines is 1. The van der Waals surface area contributed by atoms with E-state index < -0.39 is 41.4 Å². The molecule has 10 heteroatoms. The number of carbonyl (C=O) groups excluding carboxylic acids is 2. The summed E-state index contributed by atoms with van der Waals surface area (Å²) >= 11 is 0. The number of aromatic nitrogens is 1. The van der Waals surface area contributed by atoms with Crippen LogP contribution in [0, 0.1) is 17.7 Å². The van der Waals surface area contributed by atoms with E-state index in [4.69, 9.17) is 9.47 Å². The van der Waals surface area contributed by atoms with E-state index in [-0.39, 0.29) is 28.6 Å². The van der Waals surface area contributed by atoms with Crippen molar-refractivity contribution in [3.8, 4) is 11.6 Å². The van der Waals surface area contributed by atoms with Gasteiger partial charge in [-0.25, -0.2) is 14.2 Å². The Morgan fingerprint density at radius 2 is 1.89 bits per heavy atom. The Kier molecular flexibility index (Phi) is 6.57. The molecule has 2 heterocycles. The van der Waals surface area contributed by atoms with E-state index in [0.717, 1.165) is 37.2 Å². The second-order valence-electron chi connectivity index (χ2n) is 8.89. The highest BCUT2D eigenvalue weighted by atomic mass is 19.4. The van der Waals surface area contributed by atoms with Crippen LogP contribution < -0.4 is 9.64 Å². The number of hydrogen-bond donors (Lipinski definition) is 0. The molecule has 1 unspecified atom stereocenters. The van der Waals surface area contributed by atoms with Gasteiger partial charge in [0, 0.05) is 24.2 Å². The van der Waals surface area contributed by atoms with Gasteiger partial charge in [-0.3, -0.25) is 9.69 Å². The average Bonchev–Trinajstić information content (AvgIpc) is 2.80. The molecule has 1 aliphatic heterocycles. The minimum atomic E-state index is -4.83. The van der Waals surface area contributed by atoms with Gasteiger partial charge in [-0.15, -0.1) is 0 Å². The summed E-state index contributed by atoms with van der Waals surface area (Å²) in [5.41, 5.74) is -1.33. The van der Waals surface area contributed by atoms with Crippen LogP contribution in [0.15, 0.2) is 31.0 Å². The van der Waals surface area contributed by atoms with Crippen molar-refractivity contribution in [2.24, 2.45) is 11.8 Å². The number of ether oxygens (including phenoxy) is 2. The van der Waals surface area contributed by atoms with Gasteiger partial charge in [-0.2, -0.15) is 13.2 Å². The van der Waals surface area contributed by atoms with Crippen LogP contribution in [0.3, 0.4) is 0 Å². The number of benzene rings is 1. The van der Waals surface area contributed by atoms with Gasteiger partial charge in [-0.1, -0.05) is 19.6 Å². The molecule has 0 radical (unpaired) electrons. The van der Waals surface area contributed by atoms with Gasteiger partial charge in [0.25, 0.3) is 0 Å². The summed E-state index contributed by atoms with van der Waals surface area (Å²) in [5, 5.41) is 0. The first kappa shape index (κ1) is 24.7. The van der Waals surface area contributed by atoms with Gasteiger partial charge < -0.3 is 9.47 Å². The zero-order valence-electron chi connectivity index (χ0n) is 19.2. The average molecular weight is 492 g/mol. The minimum Gasteiger partial charge on any atom is -0.438 e. The van der Waals surface area contributed by atoms with E-state index in [1.165, 1.54) is 17.9 Å². The van der Waals surface area contributed by atoms with Gasteiger partial charge in [0.05, 0.1) is 11.3 Å². The number of carbonyl (C=O) groups is 2. The van der Waals surface area contributed by atoms with E-state index in [2.05, 4.69) is 18.5 Å². The van der Waals surface area contributed by atoms with Crippen molar-refractivity contribution in [2.75, 3.05) is 4.90 Å². The van der Waals surface area contributed by atoms with Gasteiger partial charge in [-0.05, 0) is 50.2 Å². The number of cyclic esters (lactones) is 1. The molecule has 1 aliphatic carbocycles. The number of halogens is 4. The summed E-state index contributed by atoms with van der Waals surface area (Å²) in [6, 6.07) is 2.62. The number of hydrogen-bond acceptors (Lipinski definition) is 5. The van der Waals surface area contributed by atoms with Crippen LogP contribution in [0.4, 0.5) is 23.2 Å². The van der Waals surface area contributed by atoms with Crippen LogP contribution in [-0.4, -0.2) is 23.1 Å². The van der Waals surface area contributed by atoms with E-state index in [1.807, 2.05) is 0 Å². The van der Waals surface area contributed by atoms with Gasteiger partial charge in [0.2, 0.25) is 11.8 Å². The fourth-order valence-electron chi connectivity index (χ4n) is 4.42. The molecule has 0 N–H and O–H groups in total. The predicted molar refractivity (Wildman–Crippen MR) is 119 cm³/mol. The standard InChI is InChI=1S/C25H24F4N2O4/c1-4-15-9-18(25(27,28)29)22(30-12-15)35-21-10-17-20(11-19(21)26)31(14(3)34-24(17)33)23(32)16-7-5-13(2)6-8-16/h4,9-14,16H,1,5-8H2,2-3H3/t13-,14?,16-. The Hall–Kier alpha value is -3.43. The Labute approximate surface area is 199 Å². The molecular weight excluding hydrogens is 468 g/mol. The summed E-state index contributed by atoms with van der Waals surface area (Å²) in [5.74, 6) is -3.50. The lowest BCUT2D eigenvalue weighted by atomic mass is 9.82. The second kappa shape index (κ2) is 9.31. The summed E-state index contributed by atoms with van der Waals surface area (Å²) < 4.78 is 66.1. The lowest BCUT2D eigenvalue weighted by Gasteiger charge is -2.37. The molecule has 6 nitrogen and oxygen atoms in total. The van der Waals surface area contributed by atoms with E-state index in [0.29, 0.717) is 18.8 Å². The van der Waals surface area contributed by atoms with Crippen LogP contribution in [-0.2, 0) is 15.7 Å². The first-order chi connectivity index (χ1) is 16.5. The van der Waals surface area contributed by atoms with Crippen LogP contribution in [0.25, 0.3) is 6.08 Å². The number of esters is 1. The molecule has 35 heavy (non-hydrogen) atoms. The fraction of sp³-hybridized carbons (Fsp3) is 0.400. The number of alkyl halides is 3. The second-order valence-corrected chi connectivity index (χ2v) is 8.89. The number of rotatable bonds is 4. The number of pyridine rings is 1. The van der Waals surface area contributed by atoms with Crippen molar-refractivity contribution in [2.45, 2.75) is 51.9 Å². The molecule has 0 bridgehead atoms. The fourth-order valence-corrected chi connectivity index (χ4v) is 4.42. The van der Waals surface area contributed by atoms with Crippen molar-refractivity contribution in [1.82, 2.24) is 4.98 Å². The molecule has 1 amide bonds. The highest BCUT2D eigenvalue weighted by molar-refractivity contribution is 6.06. The quantitative estimate of drug-likeness (QED) is 0.368. The molecule has 0 spiro atoms. The number of fused-ring (bicyclic) bond motifs is 1. The summed E-state index contributed by atoms with van der Waals surface area (Å²) in [6.45, 7) is 7.03. The number of amides is 1. The van der Waals surface area contributed by atoms with Gasteiger partial charge in [0.1, 0.15) is 5.56 Å². The Balaban J connectivity index is 1.71. The highest BCUT2D eigenvalue weighted by Gasteiger charge is 2.40. The first-order valence-electron chi connectivity index (χ1n) is 11.2. The minimum absolute atomic E-state index is 0.00627. The molecule has 1 saturated carbocycles. The lowest BCUT2D eigenvalue weighted by Crippen LogP contribution is -2.48. The largest absolute Gasteiger partial charge is 0.438 e. The summed E-state index contributed by atoms with van der Waals surface area (Å²) in [7, 11) is 0. The SMILES string of the molecule is C=Cc1cnc(Oc2cc3c(cc2F)N(C(=O)[C@H]2CC[C@H](C)CC2)C(C)OC3=O)c(C(F)(F)F)c1. The molecule has 1 aromatic carbocycles. The zero-order chi connectivity index (χ0) is 25.5. The number of nitrogens with zero attached hydrogens (tertiary/aromatic N) is 2. The Bertz CT molecular complexity index is 1170. The summed E-state index contributed by atoms with van der Waals surface area (Å²) in [6.07, 6.45) is -0.418. The van der Waals surface area contributed by atoms with Crippen molar-refractivity contribution in [1.29, 1.82) is 0 Å². The zero-order valence-corrected chi connectivity index (χ0v) is 19.2. The summed E-state index contributed by atoms with van der Waals surface area (Å²) in [4.78, 5) is 30.7. The maximum Gasteiger partial charge on any atom is 0.421 e. The van der Waals surface area contributed by atoms with Gasteiger partial charge in [0.15, 0.2) is 17.8 Å². The lowest BCUT2D eigenvalue weighted by molar-refractivity contribution is -0.139. The molecule has 186 valence electrons. The third kappa shape index (κ3) is 4.87. The topological polar surface area (TPSA) is 68.7 Å². The van der Waals surface area contributed by atoms with Crippen molar-refractivity contribution >= 4 is 23.6 Å². The van der Waals surface area contributed by atoms with Gasteiger partial charge >= 0.3 is 12.1 Å². The molecule has 2 aliphatic rings. The molecular formula is C25H24F4N2O4. The van der Waals surface area contributed by atoms with E-state index in [9.17, 15) is 22.8 Å². The normalized spacial score (nSPS) is 22.3. The Morgan fingerprint density at radius 3 is 2.51 bits per heavy atom. The first-order valence-corrected chi connectivity index (χ1v) is 11.2. The molecule has 1 atom stereocenters.